The lowest BCUT2D eigenvalue weighted by Gasteiger charge is -2.11. The van der Waals surface area contributed by atoms with E-state index in [1.165, 1.54) is 6.20 Å². The number of nitrogens with zero attached hydrogens (tertiary/aromatic N) is 2. The third-order valence-electron chi connectivity index (χ3n) is 3.91. The van der Waals surface area contributed by atoms with Crippen molar-refractivity contribution in [2.24, 2.45) is 5.92 Å². The average Bonchev–Trinajstić information content (AvgIpc) is 2.95. The van der Waals surface area contributed by atoms with Crippen molar-refractivity contribution in [2.75, 3.05) is 13.2 Å². The Hall–Kier alpha value is -2.34. The second-order valence-electron chi connectivity index (χ2n) is 6.22. The van der Waals surface area contributed by atoms with Gasteiger partial charge in [-0.2, -0.15) is 4.73 Å². The Morgan fingerprint density at radius 2 is 2.17 bits per heavy atom. The number of fused-ring (bicyclic) bond motifs is 3. The minimum atomic E-state index is 0.391. The van der Waals surface area contributed by atoms with Gasteiger partial charge in [0.25, 0.3) is 0 Å². The highest BCUT2D eigenvalue weighted by molar-refractivity contribution is 6.03. The van der Waals surface area contributed by atoms with E-state index in [2.05, 4.69) is 23.8 Å². The number of pyridine rings is 1. The molecule has 0 aliphatic heterocycles. The first-order chi connectivity index (χ1) is 11.6. The first-order valence-corrected chi connectivity index (χ1v) is 8.34. The van der Waals surface area contributed by atoms with Crippen molar-refractivity contribution in [2.45, 2.75) is 33.8 Å². The number of hydrogen-bond acceptors (Lipinski definition) is 4. The summed E-state index contributed by atoms with van der Waals surface area (Å²) in [4.78, 5) is 7.73. The van der Waals surface area contributed by atoms with Crippen LogP contribution in [-0.2, 0) is 11.3 Å². The first-order valence-electron chi connectivity index (χ1n) is 8.34. The van der Waals surface area contributed by atoms with Crippen LogP contribution >= 0.6 is 0 Å². The minimum absolute atomic E-state index is 0.391. The van der Waals surface area contributed by atoms with Gasteiger partial charge in [-0.05, 0) is 25.3 Å². The van der Waals surface area contributed by atoms with E-state index in [0.717, 1.165) is 22.1 Å². The minimum Gasteiger partial charge on any atom is -0.618 e. The number of hydrogen-bond donors (Lipinski definition) is 1. The molecule has 1 N–H and O–H groups in total. The van der Waals surface area contributed by atoms with E-state index >= 15 is 0 Å². The van der Waals surface area contributed by atoms with Crippen LogP contribution in [-0.4, -0.2) is 23.2 Å². The normalized spacial score (nSPS) is 11.7. The molecule has 24 heavy (non-hydrogen) atoms. The summed E-state index contributed by atoms with van der Waals surface area (Å²) in [7, 11) is 0. The Balaban J connectivity index is 2.07. The standard InChI is InChI=1S/C18H23N3O3/c1-4-23-11-16-19-13-10-21(22)14-6-5-7-15(17(14)18(13)20-16)24-9-8-12(2)3/h5-7,10,12H,4,8-9,11H2,1-3H3,(H,19,20). The summed E-state index contributed by atoms with van der Waals surface area (Å²) in [6.07, 6.45) is 2.45. The van der Waals surface area contributed by atoms with Gasteiger partial charge < -0.3 is 19.7 Å². The van der Waals surface area contributed by atoms with Gasteiger partial charge in [0, 0.05) is 12.7 Å². The van der Waals surface area contributed by atoms with Gasteiger partial charge in [0.1, 0.15) is 23.6 Å². The molecule has 0 unspecified atom stereocenters. The molecule has 6 nitrogen and oxygen atoms in total. The third-order valence-corrected chi connectivity index (χ3v) is 3.91. The van der Waals surface area contributed by atoms with Crippen molar-refractivity contribution in [1.29, 1.82) is 0 Å². The van der Waals surface area contributed by atoms with E-state index in [1.54, 1.807) is 6.07 Å². The summed E-state index contributed by atoms with van der Waals surface area (Å²) in [5, 5.41) is 13.1. The molecule has 0 bridgehead atoms. The van der Waals surface area contributed by atoms with Gasteiger partial charge in [0.2, 0.25) is 11.7 Å². The maximum atomic E-state index is 12.3. The van der Waals surface area contributed by atoms with Crippen LogP contribution in [0.3, 0.4) is 0 Å². The Bertz CT molecular complexity index is 842. The molecule has 0 saturated carbocycles. The fourth-order valence-electron chi connectivity index (χ4n) is 2.65. The molecule has 128 valence electrons. The average molecular weight is 329 g/mol. The van der Waals surface area contributed by atoms with Crippen molar-refractivity contribution < 1.29 is 14.2 Å². The number of H-pyrrole nitrogens is 1. The molecule has 3 aromatic rings. The van der Waals surface area contributed by atoms with Crippen molar-refractivity contribution in [1.82, 2.24) is 9.97 Å². The highest BCUT2D eigenvalue weighted by Crippen LogP contribution is 2.30. The number of aromatic amines is 1. The highest BCUT2D eigenvalue weighted by atomic mass is 16.5. The number of nitrogens with one attached hydrogen (secondary N) is 1. The lowest BCUT2D eigenvalue weighted by Crippen LogP contribution is -2.26. The largest absolute Gasteiger partial charge is 0.618 e. The quantitative estimate of drug-likeness (QED) is 0.533. The molecule has 3 rings (SSSR count). The molecule has 2 heterocycles. The summed E-state index contributed by atoms with van der Waals surface area (Å²) in [5.74, 6) is 1.97. The number of aromatic nitrogens is 3. The number of rotatable bonds is 7. The molecule has 0 fully saturated rings. The topological polar surface area (TPSA) is 74.1 Å². The van der Waals surface area contributed by atoms with Gasteiger partial charge in [-0.25, -0.2) is 4.98 Å². The lowest BCUT2D eigenvalue weighted by molar-refractivity contribution is -0.575. The van der Waals surface area contributed by atoms with Gasteiger partial charge in [-0.1, -0.05) is 19.9 Å². The fraction of sp³-hybridized carbons (Fsp3) is 0.444. The third kappa shape index (κ3) is 3.28. The SMILES string of the molecule is CCOCc1nc2c[n+]([O-])c3cccc(OCCC(C)C)c3c2[nH]1. The Morgan fingerprint density at radius 1 is 1.33 bits per heavy atom. The number of ether oxygens (including phenoxy) is 2. The number of benzene rings is 1. The van der Waals surface area contributed by atoms with Crippen LogP contribution in [0.25, 0.3) is 21.9 Å². The van der Waals surface area contributed by atoms with Crippen molar-refractivity contribution >= 4 is 21.9 Å². The fourth-order valence-corrected chi connectivity index (χ4v) is 2.65. The van der Waals surface area contributed by atoms with Crippen LogP contribution in [0.5, 0.6) is 5.75 Å². The van der Waals surface area contributed by atoms with Crippen LogP contribution in [0, 0.1) is 11.1 Å². The van der Waals surface area contributed by atoms with Gasteiger partial charge in [-0.15, -0.1) is 0 Å². The van der Waals surface area contributed by atoms with E-state index in [-0.39, 0.29) is 0 Å². The Labute approximate surface area is 141 Å². The molecule has 0 radical (unpaired) electrons. The summed E-state index contributed by atoms with van der Waals surface area (Å²) < 4.78 is 12.2. The maximum absolute atomic E-state index is 12.3. The number of imidazole rings is 1. The molecule has 0 spiro atoms. The van der Waals surface area contributed by atoms with E-state index in [0.29, 0.717) is 48.3 Å². The van der Waals surface area contributed by atoms with Crippen LogP contribution in [0.1, 0.15) is 33.0 Å². The zero-order chi connectivity index (χ0) is 17.1. The molecular weight excluding hydrogens is 306 g/mol. The molecular formula is C18H23N3O3. The van der Waals surface area contributed by atoms with Crippen LogP contribution in [0.4, 0.5) is 0 Å². The Kier molecular flexibility index (Phi) is 4.85. The molecule has 0 aliphatic rings. The molecule has 1 aromatic carbocycles. The summed E-state index contributed by atoms with van der Waals surface area (Å²) in [5.41, 5.74) is 2.00. The van der Waals surface area contributed by atoms with Crippen LogP contribution in [0.15, 0.2) is 24.4 Å². The predicted molar refractivity (Wildman–Crippen MR) is 92.8 cm³/mol. The van der Waals surface area contributed by atoms with Gasteiger partial charge in [0.05, 0.1) is 12.1 Å². The monoisotopic (exact) mass is 329 g/mol. The van der Waals surface area contributed by atoms with Crippen molar-refractivity contribution in [3.8, 4) is 5.75 Å². The molecule has 0 aliphatic carbocycles. The van der Waals surface area contributed by atoms with Gasteiger partial charge in [-0.3, -0.25) is 0 Å². The lowest BCUT2D eigenvalue weighted by atomic mass is 10.1. The molecule has 0 amide bonds. The van der Waals surface area contributed by atoms with E-state index in [1.807, 2.05) is 19.1 Å². The summed E-state index contributed by atoms with van der Waals surface area (Å²) in [6, 6.07) is 5.52. The second kappa shape index (κ2) is 7.05. The van der Waals surface area contributed by atoms with Crippen molar-refractivity contribution in [3.63, 3.8) is 0 Å². The van der Waals surface area contributed by atoms with Gasteiger partial charge in [0.15, 0.2) is 5.52 Å². The summed E-state index contributed by atoms with van der Waals surface area (Å²) in [6.45, 7) is 7.87. The van der Waals surface area contributed by atoms with Crippen LogP contribution in [0.2, 0.25) is 0 Å². The zero-order valence-electron chi connectivity index (χ0n) is 14.3. The van der Waals surface area contributed by atoms with Gasteiger partial charge >= 0.3 is 0 Å². The van der Waals surface area contributed by atoms with E-state index in [4.69, 9.17) is 9.47 Å². The summed E-state index contributed by atoms with van der Waals surface area (Å²) >= 11 is 0. The van der Waals surface area contributed by atoms with E-state index in [9.17, 15) is 5.21 Å². The van der Waals surface area contributed by atoms with E-state index < -0.39 is 0 Å². The van der Waals surface area contributed by atoms with Crippen molar-refractivity contribution in [3.05, 3.63) is 35.4 Å². The second-order valence-corrected chi connectivity index (χ2v) is 6.22. The first kappa shape index (κ1) is 16.5. The molecule has 0 atom stereocenters. The van der Waals surface area contributed by atoms with Crippen LogP contribution < -0.4 is 9.47 Å². The molecule has 2 aromatic heterocycles. The Morgan fingerprint density at radius 3 is 2.92 bits per heavy atom. The molecule has 0 saturated heterocycles. The smallest absolute Gasteiger partial charge is 0.229 e. The predicted octanol–water partition coefficient (Wildman–Crippen LogP) is 3.31. The zero-order valence-corrected chi connectivity index (χ0v) is 14.3. The maximum Gasteiger partial charge on any atom is 0.229 e. The highest BCUT2D eigenvalue weighted by Gasteiger charge is 2.18. The molecule has 6 heteroatoms.